The molecule has 0 unspecified atom stereocenters. The Hall–Kier alpha value is -3.74. The summed E-state index contributed by atoms with van der Waals surface area (Å²) in [4.78, 5) is 22.9. The fraction of sp³-hybridized carbons (Fsp3) is 0.182. The van der Waals surface area contributed by atoms with Crippen LogP contribution in [-0.4, -0.2) is 37.5 Å². The van der Waals surface area contributed by atoms with Crippen LogP contribution in [0, 0.1) is 6.92 Å². The fourth-order valence-corrected chi connectivity index (χ4v) is 3.04. The lowest BCUT2D eigenvalue weighted by atomic mass is 10.1. The first-order valence-corrected chi connectivity index (χ1v) is 9.30. The molecule has 2 aromatic heterocycles. The van der Waals surface area contributed by atoms with Crippen molar-refractivity contribution in [2.45, 2.75) is 20.0 Å². The lowest BCUT2D eigenvalue weighted by Gasteiger charge is -2.15. The highest BCUT2D eigenvalue weighted by molar-refractivity contribution is 5.94. The SMILES string of the molecule is Cc1nccn1Cc1ccc(C(=O)N(C)Cc2nc(-c3ccccc3)no2)cc1. The molecule has 0 fully saturated rings. The molecule has 29 heavy (non-hydrogen) atoms. The number of aromatic nitrogens is 4. The van der Waals surface area contributed by atoms with E-state index in [1.165, 1.54) is 0 Å². The molecule has 0 saturated carbocycles. The topological polar surface area (TPSA) is 77.1 Å². The third-order valence-corrected chi connectivity index (χ3v) is 4.70. The average Bonchev–Trinajstić information content (AvgIpc) is 3.38. The molecule has 4 rings (SSSR count). The number of hydrogen-bond acceptors (Lipinski definition) is 5. The Kier molecular flexibility index (Phi) is 5.20. The molecule has 4 aromatic rings. The molecule has 0 atom stereocenters. The van der Waals surface area contributed by atoms with E-state index in [0.29, 0.717) is 17.3 Å². The van der Waals surface area contributed by atoms with Gasteiger partial charge in [0.05, 0.1) is 6.54 Å². The van der Waals surface area contributed by atoms with Gasteiger partial charge in [-0.05, 0) is 24.6 Å². The summed E-state index contributed by atoms with van der Waals surface area (Å²) in [6, 6.07) is 17.2. The van der Waals surface area contributed by atoms with Crippen LogP contribution in [0.1, 0.15) is 27.6 Å². The van der Waals surface area contributed by atoms with Crippen LogP contribution < -0.4 is 0 Å². The average molecular weight is 387 g/mol. The Morgan fingerprint density at radius 3 is 2.55 bits per heavy atom. The number of amides is 1. The van der Waals surface area contributed by atoms with E-state index in [2.05, 4.69) is 19.7 Å². The van der Waals surface area contributed by atoms with E-state index >= 15 is 0 Å². The van der Waals surface area contributed by atoms with Gasteiger partial charge in [-0.25, -0.2) is 4.98 Å². The van der Waals surface area contributed by atoms with Gasteiger partial charge in [-0.1, -0.05) is 47.6 Å². The summed E-state index contributed by atoms with van der Waals surface area (Å²) in [5, 5.41) is 3.99. The van der Waals surface area contributed by atoms with Gasteiger partial charge >= 0.3 is 0 Å². The largest absolute Gasteiger partial charge is 0.337 e. The van der Waals surface area contributed by atoms with E-state index in [4.69, 9.17) is 4.52 Å². The second-order valence-electron chi connectivity index (χ2n) is 6.84. The summed E-state index contributed by atoms with van der Waals surface area (Å²) in [5.74, 6) is 1.77. The number of hydrogen-bond donors (Lipinski definition) is 0. The van der Waals surface area contributed by atoms with Gasteiger partial charge in [-0.2, -0.15) is 4.98 Å². The van der Waals surface area contributed by atoms with Crippen molar-refractivity contribution < 1.29 is 9.32 Å². The monoisotopic (exact) mass is 387 g/mol. The number of carbonyl (C=O) groups excluding carboxylic acids is 1. The van der Waals surface area contributed by atoms with Crippen molar-refractivity contribution in [2.75, 3.05) is 7.05 Å². The number of carbonyl (C=O) groups is 1. The Morgan fingerprint density at radius 1 is 1.10 bits per heavy atom. The van der Waals surface area contributed by atoms with E-state index < -0.39 is 0 Å². The zero-order valence-corrected chi connectivity index (χ0v) is 16.3. The minimum absolute atomic E-state index is 0.102. The number of rotatable bonds is 6. The first-order valence-electron chi connectivity index (χ1n) is 9.30. The Balaban J connectivity index is 1.40. The summed E-state index contributed by atoms with van der Waals surface area (Å²) in [5.41, 5.74) is 2.59. The molecule has 0 spiro atoms. The molecule has 7 heteroatoms. The molecule has 7 nitrogen and oxygen atoms in total. The zero-order valence-electron chi connectivity index (χ0n) is 16.3. The molecule has 2 aromatic carbocycles. The van der Waals surface area contributed by atoms with Gasteiger partial charge in [0.15, 0.2) is 0 Å². The van der Waals surface area contributed by atoms with Gasteiger partial charge in [-0.3, -0.25) is 4.79 Å². The summed E-state index contributed by atoms with van der Waals surface area (Å²) in [7, 11) is 1.72. The summed E-state index contributed by atoms with van der Waals surface area (Å²) >= 11 is 0. The second kappa shape index (κ2) is 8.10. The minimum atomic E-state index is -0.102. The van der Waals surface area contributed by atoms with Crippen LogP contribution in [0.5, 0.6) is 0 Å². The fourth-order valence-electron chi connectivity index (χ4n) is 3.04. The van der Waals surface area contributed by atoms with Crippen LogP contribution in [0.4, 0.5) is 0 Å². The predicted octanol–water partition coefficient (Wildman–Crippen LogP) is 3.56. The van der Waals surface area contributed by atoms with Gasteiger partial charge in [0.25, 0.3) is 5.91 Å². The van der Waals surface area contributed by atoms with Gasteiger partial charge in [0, 0.05) is 37.1 Å². The van der Waals surface area contributed by atoms with Crippen molar-refractivity contribution in [3.63, 3.8) is 0 Å². The Bertz CT molecular complexity index is 1100. The third-order valence-electron chi connectivity index (χ3n) is 4.70. The van der Waals surface area contributed by atoms with Gasteiger partial charge in [0.2, 0.25) is 11.7 Å². The first kappa shape index (κ1) is 18.6. The second-order valence-corrected chi connectivity index (χ2v) is 6.84. The van der Waals surface area contributed by atoms with Crippen molar-refractivity contribution >= 4 is 5.91 Å². The van der Waals surface area contributed by atoms with Crippen molar-refractivity contribution in [1.29, 1.82) is 0 Å². The number of imidazole rings is 1. The van der Waals surface area contributed by atoms with Gasteiger partial charge in [-0.15, -0.1) is 0 Å². The van der Waals surface area contributed by atoms with Gasteiger partial charge in [0.1, 0.15) is 5.82 Å². The summed E-state index contributed by atoms with van der Waals surface area (Å²) < 4.78 is 7.36. The van der Waals surface area contributed by atoms with Crippen LogP contribution in [0.3, 0.4) is 0 Å². The minimum Gasteiger partial charge on any atom is -0.337 e. The third kappa shape index (κ3) is 4.24. The molecule has 0 N–H and O–H groups in total. The number of benzene rings is 2. The molecule has 146 valence electrons. The van der Waals surface area contributed by atoms with E-state index in [0.717, 1.165) is 23.5 Å². The van der Waals surface area contributed by atoms with Crippen LogP contribution >= 0.6 is 0 Å². The van der Waals surface area contributed by atoms with E-state index in [-0.39, 0.29) is 12.5 Å². The predicted molar refractivity (Wildman–Crippen MR) is 108 cm³/mol. The molecule has 2 heterocycles. The smallest absolute Gasteiger partial charge is 0.254 e. The molecule has 0 aliphatic carbocycles. The van der Waals surface area contributed by atoms with Crippen molar-refractivity contribution in [3.05, 3.63) is 89.8 Å². The van der Waals surface area contributed by atoms with E-state index in [1.807, 2.05) is 67.7 Å². The molecule has 0 aliphatic heterocycles. The van der Waals surface area contributed by atoms with Crippen LogP contribution in [0.25, 0.3) is 11.4 Å². The maximum atomic E-state index is 12.7. The maximum absolute atomic E-state index is 12.7. The van der Waals surface area contributed by atoms with Crippen molar-refractivity contribution in [2.24, 2.45) is 0 Å². The normalized spacial score (nSPS) is 10.8. The first-order chi connectivity index (χ1) is 14.1. The molecule has 0 saturated heterocycles. The van der Waals surface area contributed by atoms with Crippen LogP contribution in [0.15, 0.2) is 71.5 Å². The lowest BCUT2D eigenvalue weighted by molar-refractivity contribution is 0.0769. The molecular weight excluding hydrogens is 366 g/mol. The number of aryl methyl sites for hydroxylation is 1. The maximum Gasteiger partial charge on any atom is 0.254 e. The zero-order chi connectivity index (χ0) is 20.2. The van der Waals surface area contributed by atoms with Crippen LogP contribution in [0.2, 0.25) is 0 Å². The molecular formula is C22H21N5O2. The standard InChI is InChI=1S/C22H21N5O2/c1-16-23-12-13-27(16)14-17-8-10-19(11-9-17)22(28)26(2)15-20-24-21(25-29-20)18-6-4-3-5-7-18/h3-13H,14-15H2,1-2H3. The Labute approximate surface area is 168 Å². The lowest BCUT2D eigenvalue weighted by Crippen LogP contribution is -2.26. The van der Waals surface area contributed by atoms with E-state index in [1.54, 1.807) is 18.1 Å². The van der Waals surface area contributed by atoms with Crippen molar-refractivity contribution in [1.82, 2.24) is 24.6 Å². The summed E-state index contributed by atoms with van der Waals surface area (Å²) in [6.45, 7) is 2.93. The molecule has 0 aliphatic rings. The Morgan fingerprint density at radius 2 is 1.86 bits per heavy atom. The number of nitrogens with zero attached hydrogens (tertiary/aromatic N) is 5. The highest BCUT2D eigenvalue weighted by Crippen LogP contribution is 2.16. The highest BCUT2D eigenvalue weighted by atomic mass is 16.5. The van der Waals surface area contributed by atoms with Gasteiger partial charge < -0.3 is 14.0 Å². The quantitative estimate of drug-likeness (QED) is 0.506. The summed E-state index contributed by atoms with van der Waals surface area (Å²) in [6.07, 6.45) is 3.72. The van der Waals surface area contributed by atoms with Crippen molar-refractivity contribution in [3.8, 4) is 11.4 Å². The van der Waals surface area contributed by atoms with Crippen LogP contribution in [-0.2, 0) is 13.1 Å². The highest BCUT2D eigenvalue weighted by Gasteiger charge is 2.16. The molecule has 1 amide bonds. The molecule has 0 bridgehead atoms. The molecule has 0 radical (unpaired) electrons. The van der Waals surface area contributed by atoms with E-state index in [9.17, 15) is 4.79 Å².